The van der Waals surface area contributed by atoms with Crippen LogP contribution in [0.3, 0.4) is 0 Å². The SMILES string of the molecule is O=[N+]([O-])c1cccc(N=Cc2ccn(C3CCCCC3)c2)c1. The molecular formula is C17H19N3O2. The highest BCUT2D eigenvalue weighted by molar-refractivity contribution is 5.81. The van der Waals surface area contributed by atoms with Crippen LogP contribution >= 0.6 is 0 Å². The molecule has 2 aromatic rings. The summed E-state index contributed by atoms with van der Waals surface area (Å²) >= 11 is 0. The lowest BCUT2D eigenvalue weighted by molar-refractivity contribution is -0.384. The van der Waals surface area contributed by atoms with Crippen LogP contribution in [-0.2, 0) is 0 Å². The Morgan fingerprint density at radius 2 is 2.05 bits per heavy atom. The van der Waals surface area contributed by atoms with Crippen LogP contribution in [0.4, 0.5) is 11.4 Å². The Labute approximate surface area is 129 Å². The van der Waals surface area contributed by atoms with Crippen LogP contribution in [0.25, 0.3) is 0 Å². The van der Waals surface area contributed by atoms with E-state index < -0.39 is 4.92 Å². The van der Waals surface area contributed by atoms with Gasteiger partial charge in [-0.1, -0.05) is 25.3 Å². The van der Waals surface area contributed by atoms with Crippen molar-refractivity contribution in [1.82, 2.24) is 4.57 Å². The van der Waals surface area contributed by atoms with Gasteiger partial charge in [0.25, 0.3) is 5.69 Å². The van der Waals surface area contributed by atoms with Gasteiger partial charge >= 0.3 is 0 Å². The average molecular weight is 297 g/mol. The summed E-state index contributed by atoms with van der Waals surface area (Å²) in [5.41, 5.74) is 1.69. The third kappa shape index (κ3) is 3.42. The number of hydrogen-bond donors (Lipinski definition) is 0. The molecular weight excluding hydrogens is 278 g/mol. The Balaban J connectivity index is 1.71. The predicted molar refractivity (Wildman–Crippen MR) is 86.9 cm³/mol. The summed E-state index contributed by atoms with van der Waals surface area (Å²) in [5, 5.41) is 10.8. The number of aliphatic imine (C=N–C) groups is 1. The summed E-state index contributed by atoms with van der Waals surface area (Å²) in [6.45, 7) is 0. The van der Waals surface area contributed by atoms with Crippen molar-refractivity contribution in [3.05, 3.63) is 58.4 Å². The second kappa shape index (κ2) is 6.56. The van der Waals surface area contributed by atoms with Crippen LogP contribution in [0.2, 0.25) is 0 Å². The van der Waals surface area contributed by atoms with Gasteiger partial charge in [-0.3, -0.25) is 15.1 Å². The van der Waals surface area contributed by atoms with Gasteiger partial charge in [0, 0.05) is 42.3 Å². The van der Waals surface area contributed by atoms with Crippen molar-refractivity contribution < 1.29 is 4.92 Å². The lowest BCUT2D eigenvalue weighted by atomic mass is 9.95. The van der Waals surface area contributed by atoms with Gasteiger partial charge in [0.05, 0.1) is 10.6 Å². The van der Waals surface area contributed by atoms with Crippen molar-refractivity contribution >= 4 is 17.6 Å². The molecule has 1 fully saturated rings. The van der Waals surface area contributed by atoms with E-state index in [2.05, 4.69) is 22.0 Å². The Morgan fingerprint density at radius 3 is 2.82 bits per heavy atom. The third-order valence-corrected chi connectivity index (χ3v) is 4.14. The molecule has 22 heavy (non-hydrogen) atoms. The lowest BCUT2D eigenvalue weighted by Crippen LogP contribution is -2.10. The van der Waals surface area contributed by atoms with E-state index in [4.69, 9.17) is 0 Å². The zero-order valence-corrected chi connectivity index (χ0v) is 12.4. The molecule has 0 spiro atoms. The smallest absolute Gasteiger partial charge is 0.271 e. The largest absolute Gasteiger partial charge is 0.351 e. The monoisotopic (exact) mass is 297 g/mol. The van der Waals surface area contributed by atoms with Gasteiger partial charge in [-0.05, 0) is 25.0 Å². The molecule has 0 aliphatic heterocycles. The van der Waals surface area contributed by atoms with E-state index in [1.165, 1.54) is 44.2 Å². The Morgan fingerprint density at radius 1 is 1.23 bits per heavy atom. The van der Waals surface area contributed by atoms with E-state index >= 15 is 0 Å². The molecule has 0 atom stereocenters. The highest BCUT2D eigenvalue weighted by Crippen LogP contribution is 2.28. The van der Waals surface area contributed by atoms with Gasteiger partial charge in [-0.25, -0.2) is 0 Å². The minimum absolute atomic E-state index is 0.0643. The predicted octanol–water partition coefficient (Wildman–Crippen LogP) is 4.65. The minimum Gasteiger partial charge on any atom is -0.351 e. The zero-order valence-electron chi connectivity index (χ0n) is 12.4. The highest BCUT2D eigenvalue weighted by Gasteiger charge is 2.14. The van der Waals surface area contributed by atoms with Crippen molar-refractivity contribution in [3.63, 3.8) is 0 Å². The number of nitro groups is 1. The minimum atomic E-state index is -0.404. The summed E-state index contributed by atoms with van der Waals surface area (Å²) in [4.78, 5) is 14.7. The normalized spacial score (nSPS) is 16.2. The first kappa shape index (κ1) is 14.5. The number of nitrogens with zero attached hydrogens (tertiary/aromatic N) is 3. The van der Waals surface area contributed by atoms with Crippen molar-refractivity contribution in [2.45, 2.75) is 38.1 Å². The van der Waals surface area contributed by atoms with Crippen LogP contribution in [0, 0.1) is 10.1 Å². The fourth-order valence-electron chi connectivity index (χ4n) is 2.95. The molecule has 5 heteroatoms. The maximum Gasteiger partial charge on any atom is 0.271 e. The van der Waals surface area contributed by atoms with E-state index in [0.717, 1.165) is 5.56 Å². The maximum absolute atomic E-state index is 10.8. The molecule has 1 saturated carbocycles. The second-order valence-corrected chi connectivity index (χ2v) is 5.72. The Kier molecular flexibility index (Phi) is 4.32. The lowest BCUT2D eigenvalue weighted by Gasteiger charge is -2.23. The number of aromatic nitrogens is 1. The van der Waals surface area contributed by atoms with Gasteiger partial charge in [0.2, 0.25) is 0 Å². The molecule has 0 radical (unpaired) electrons. The van der Waals surface area contributed by atoms with Crippen molar-refractivity contribution in [3.8, 4) is 0 Å². The molecule has 3 rings (SSSR count). The Bertz CT molecular complexity index is 685. The van der Waals surface area contributed by atoms with E-state index in [1.54, 1.807) is 18.3 Å². The van der Waals surface area contributed by atoms with Crippen molar-refractivity contribution in [1.29, 1.82) is 0 Å². The molecule has 0 N–H and O–H groups in total. The van der Waals surface area contributed by atoms with Crippen LogP contribution in [0.15, 0.2) is 47.7 Å². The van der Waals surface area contributed by atoms with Crippen LogP contribution < -0.4 is 0 Å². The number of hydrogen-bond acceptors (Lipinski definition) is 3. The number of nitro benzene ring substituents is 1. The van der Waals surface area contributed by atoms with Gasteiger partial charge in [-0.2, -0.15) is 0 Å². The van der Waals surface area contributed by atoms with E-state index in [-0.39, 0.29) is 5.69 Å². The van der Waals surface area contributed by atoms with Gasteiger partial charge in [-0.15, -0.1) is 0 Å². The molecule has 5 nitrogen and oxygen atoms in total. The highest BCUT2D eigenvalue weighted by atomic mass is 16.6. The van der Waals surface area contributed by atoms with Crippen LogP contribution in [0.5, 0.6) is 0 Å². The molecule has 0 unspecified atom stereocenters. The molecule has 114 valence electrons. The number of benzene rings is 1. The second-order valence-electron chi connectivity index (χ2n) is 5.72. The van der Waals surface area contributed by atoms with E-state index in [1.807, 2.05) is 6.07 Å². The first-order valence-corrected chi connectivity index (χ1v) is 7.68. The fourth-order valence-corrected chi connectivity index (χ4v) is 2.95. The molecule has 0 amide bonds. The van der Waals surface area contributed by atoms with Crippen LogP contribution in [0.1, 0.15) is 43.7 Å². The van der Waals surface area contributed by atoms with Crippen LogP contribution in [-0.4, -0.2) is 15.7 Å². The maximum atomic E-state index is 10.8. The third-order valence-electron chi connectivity index (χ3n) is 4.14. The standard InChI is InChI=1S/C17H19N3O2/c21-20(22)17-8-4-5-15(11-17)18-12-14-9-10-19(13-14)16-6-2-1-3-7-16/h4-5,8-13,16H,1-3,6-7H2. The molecule has 1 aliphatic rings. The molecule has 0 saturated heterocycles. The number of non-ortho nitro benzene ring substituents is 1. The first-order valence-electron chi connectivity index (χ1n) is 7.68. The summed E-state index contributed by atoms with van der Waals surface area (Å²) in [6.07, 6.45) is 12.4. The van der Waals surface area contributed by atoms with Crippen molar-refractivity contribution in [2.24, 2.45) is 4.99 Å². The van der Waals surface area contributed by atoms with Gasteiger partial charge < -0.3 is 4.57 Å². The molecule has 1 aliphatic carbocycles. The molecule has 1 aromatic carbocycles. The zero-order chi connectivity index (χ0) is 15.4. The molecule has 1 aromatic heterocycles. The van der Waals surface area contributed by atoms with E-state index in [0.29, 0.717) is 11.7 Å². The average Bonchev–Trinajstić information content (AvgIpc) is 3.03. The topological polar surface area (TPSA) is 60.4 Å². The Hall–Kier alpha value is -2.43. The number of rotatable bonds is 4. The summed E-state index contributed by atoms with van der Waals surface area (Å²) in [7, 11) is 0. The van der Waals surface area contributed by atoms with Gasteiger partial charge in [0.15, 0.2) is 0 Å². The van der Waals surface area contributed by atoms with Crippen molar-refractivity contribution in [2.75, 3.05) is 0 Å². The summed E-state index contributed by atoms with van der Waals surface area (Å²) in [6, 6.07) is 9.01. The molecule has 0 bridgehead atoms. The van der Waals surface area contributed by atoms with E-state index in [9.17, 15) is 10.1 Å². The summed E-state index contributed by atoms with van der Waals surface area (Å²) in [5.74, 6) is 0. The summed E-state index contributed by atoms with van der Waals surface area (Å²) < 4.78 is 2.27. The van der Waals surface area contributed by atoms with Gasteiger partial charge in [0.1, 0.15) is 0 Å². The fraction of sp³-hybridized carbons (Fsp3) is 0.353. The quantitative estimate of drug-likeness (QED) is 0.468. The first-order chi connectivity index (χ1) is 10.7. The molecule has 1 heterocycles.